The SMILES string of the molecule is c1ccc(CNc2nc(-c3ncccn3)n[nH]2)cc1. The molecule has 2 N–H and O–H groups in total. The highest BCUT2D eigenvalue weighted by atomic mass is 15.3. The molecule has 3 rings (SSSR count). The minimum Gasteiger partial charge on any atom is -0.351 e. The van der Waals surface area contributed by atoms with Crippen molar-refractivity contribution in [2.45, 2.75) is 6.54 Å². The highest BCUT2D eigenvalue weighted by Crippen LogP contribution is 2.10. The van der Waals surface area contributed by atoms with Gasteiger partial charge in [-0.25, -0.2) is 15.1 Å². The molecule has 6 nitrogen and oxygen atoms in total. The third-order valence-electron chi connectivity index (χ3n) is 2.55. The van der Waals surface area contributed by atoms with E-state index in [1.54, 1.807) is 18.5 Å². The summed E-state index contributed by atoms with van der Waals surface area (Å²) in [5.41, 5.74) is 1.18. The summed E-state index contributed by atoms with van der Waals surface area (Å²) in [5, 5.41) is 10.1. The molecule has 6 heteroatoms. The molecule has 0 saturated carbocycles. The first-order chi connectivity index (χ1) is 9.42. The van der Waals surface area contributed by atoms with Gasteiger partial charge in [0.1, 0.15) is 0 Å². The average Bonchev–Trinajstić information content (AvgIpc) is 2.96. The first-order valence-electron chi connectivity index (χ1n) is 5.89. The van der Waals surface area contributed by atoms with Crippen LogP contribution in [0.4, 0.5) is 5.95 Å². The van der Waals surface area contributed by atoms with E-state index in [4.69, 9.17) is 0 Å². The third-order valence-corrected chi connectivity index (χ3v) is 2.55. The van der Waals surface area contributed by atoms with Crippen LogP contribution in [-0.4, -0.2) is 25.1 Å². The maximum Gasteiger partial charge on any atom is 0.220 e. The second-order valence-corrected chi connectivity index (χ2v) is 3.92. The van der Waals surface area contributed by atoms with Crippen LogP contribution >= 0.6 is 0 Å². The molecule has 94 valence electrons. The molecule has 0 aliphatic rings. The molecule has 0 saturated heterocycles. The summed E-state index contributed by atoms with van der Waals surface area (Å²) in [6.07, 6.45) is 3.32. The van der Waals surface area contributed by atoms with E-state index < -0.39 is 0 Å². The Morgan fingerprint density at radius 1 is 0.947 bits per heavy atom. The maximum atomic E-state index is 4.29. The molecular formula is C13H12N6. The summed E-state index contributed by atoms with van der Waals surface area (Å²) < 4.78 is 0. The molecule has 0 aliphatic heterocycles. The normalized spacial score (nSPS) is 10.3. The highest BCUT2D eigenvalue weighted by Gasteiger charge is 2.07. The van der Waals surface area contributed by atoms with Gasteiger partial charge in [-0.2, -0.15) is 4.98 Å². The number of rotatable bonds is 4. The molecule has 0 bridgehead atoms. The van der Waals surface area contributed by atoms with Crippen molar-refractivity contribution in [1.82, 2.24) is 25.1 Å². The third kappa shape index (κ3) is 2.74. The zero-order valence-corrected chi connectivity index (χ0v) is 10.1. The molecule has 19 heavy (non-hydrogen) atoms. The van der Waals surface area contributed by atoms with E-state index in [2.05, 4.69) is 30.5 Å². The molecule has 0 spiro atoms. The van der Waals surface area contributed by atoms with E-state index in [9.17, 15) is 0 Å². The molecule has 3 aromatic rings. The fourth-order valence-electron chi connectivity index (χ4n) is 1.64. The van der Waals surface area contributed by atoms with Crippen molar-refractivity contribution in [2.75, 3.05) is 5.32 Å². The number of benzene rings is 1. The Balaban J connectivity index is 1.69. The second kappa shape index (κ2) is 5.26. The molecule has 0 radical (unpaired) electrons. The summed E-state index contributed by atoms with van der Waals surface area (Å²) >= 11 is 0. The van der Waals surface area contributed by atoms with Gasteiger partial charge in [-0.1, -0.05) is 30.3 Å². The number of nitrogens with zero attached hydrogens (tertiary/aromatic N) is 4. The van der Waals surface area contributed by atoms with Crippen LogP contribution in [0.15, 0.2) is 48.8 Å². The number of nitrogens with one attached hydrogen (secondary N) is 2. The van der Waals surface area contributed by atoms with Gasteiger partial charge in [-0.15, -0.1) is 5.10 Å². The van der Waals surface area contributed by atoms with Crippen LogP contribution < -0.4 is 5.32 Å². The first kappa shape index (κ1) is 11.3. The standard InChI is InChI=1S/C13H12N6/c1-2-5-10(6-3-1)9-16-13-17-12(18-19-13)11-14-7-4-8-15-11/h1-8H,9H2,(H2,16,17,18,19). The number of hydrogen-bond donors (Lipinski definition) is 2. The van der Waals surface area contributed by atoms with Gasteiger partial charge in [0.15, 0.2) is 5.82 Å². The monoisotopic (exact) mass is 252 g/mol. The van der Waals surface area contributed by atoms with Gasteiger partial charge in [-0.05, 0) is 11.6 Å². The molecule has 0 atom stereocenters. The highest BCUT2D eigenvalue weighted by molar-refractivity contribution is 5.44. The van der Waals surface area contributed by atoms with Gasteiger partial charge >= 0.3 is 0 Å². The second-order valence-electron chi connectivity index (χ2n) is 3.92. The Kier molecular flexibility index (Phi) is 3.14. The van der Waals surface area contributed by atoms with Gasteiger partial charge in [0, 0.05) is 18.9 Å². The molecule has 1 aromatic carbocycles. The van der Waals surface area contributed by atoms with Crippen molar-refractivity contribution in [3.05, 3.63) is 54.4 Å². The van der Waals surface area contributed by atoms with Gasteiger partial charge in [0.05, 0.1) is 0 Å². The lowest BCUT2D eigenvalue weighted by molar-refractivity contribution is 1.04. The van der Waals surface area contributed by atoms with E-state index in [0.29, 0.717) is 24.1 Å². The molecule has 2 heterocycles. The number of aromatic amines is 1. The topological polar surface area (TPSA) is 79.4 Å². The van der Waals surface area contributed by atoms with E-state index in [1.165, 1.54) is 5.56 Å². The van der Waals surface area contributed by atoms with Gasteiger partial charge in [0.25, 0.3) is 0 Å². The van der Waals surface area contributed by atoms with Gasteiger partial charge in [-0.3, -0.25) is 0 Å². The first-order valence-corrected chi connectivity index (χ1v) is 5.89. The van der Waals surface area contributed by atoms with Crippen LogP contribution in [0, 0.1) is 0 Å². The van der Waals surface area contributed by atoms with Crippen molar-refractivity contribution >= 4 is 5.95 Å². The average molecular weight is 252 g/mol. The molecule has 0 aliphatic carbocycles. The maximum absolute atomic E-state index is 4.29. The van der Waals surface area contributed by atoms with Crippen molar-refractivity contribution < 1.29 is 0 Å². The largest absolute Gasteiger partial charge is 0.351 e. The zero-order valence-electron chi connectivity index (χ0n) is 10.1. The summed E-state index contributed by atoms with van der Waals surface area (Å²) in [6, 6.07) is 11.8. The Morgan fingerprint density at radius 2 is 1.74 bits per heavy atom. The predicted octanol–water partition coefficient (Wildman–Crippen LogP) is 1.87. The lowest BCUT2D eigenvalue weighted by atomic mass is 10.2. The van der Waals surface area contributed by atoms with Crippen LogP contribution in [-0.2, 0) is 6.54 Å². The van der Waals surface area contributed by atoms with Crippen molar-refractivity contribution in [1.29, 1.82) is 0 Å². The van der Waals surface area contributed by atoms with Crippen LogP contribution in [0.3, 0.4) is 0 Å². The molecule has 0 unspecified atom stereocenters. The summed E-state index contributed by atoms with van der Waals surface area (Å²) in [6.45, 7) is 0.686. The molecule has 0 fully saturated rings. The quantitative estimate of drug-likeness (QED) is 0.741. The smallest absolute Gasteiger partial charge is 0.220 e. The number of H-pyrrole nitrogens is 1. The zero-order chi connectivity index (χ0) is 12.9. The van der Waals surface area contributed by atoms with E-state index in [-0.39, 0.29) is 0 Å². The predicted molar refractivity (Wildman–Crippen MR) is 71.2 cm³/mol. The lowest BCUT2D eigenvalue weighted by Gasteiger charge is -2.01. The Bertz CT molecular complexity index is 635. The summed E-state index contributed by atoms with van der Waals surface area (Å²) in [4.78, 5) is 12.5. The minimum absolute atomic E-state index is 0.483. The minimum atomic E-state index is 0.483. The van der Waals surface area contributed by atoms with E-state index >= 15 is 0 Å². The van der Waals surface area contributed by atoms with Crippen molar-refractivity contribution in [3.63, 3.8) is 0 Å². The van der Waals surface area contributed by atoms with Crippen LogP contribution in [0.5, 0.6) is 0 Å². The molecular weight excluding hydrogens is 240 g/mol. The number of hydrogen-bond acceptors (Lipinski definition) is 5. The lowest BCUT2D eigenvalue weighted by Crippen LogP contribution is -2.00. The van der Waals surface area contributed by atoms with E-state index in [1.807, 2.05) is 30.3 Å². The fraction of sp³-hybridized carbons (Fsp3) is 0.0769. The van der Waals surface area contributed by atoms with Crippen LogP contribution in [0.2, 0.25) is 0 Å². The van der Waals surface area contributed by atoms with Crippen molar-refractivity contribution in [3.8, 4) is 11.6 Å². The Morgan fingerprint density at radius 3 is 2.53 bits per heavy atom. The van der Waals surface area contributed by atoms with E-state index in [0.717, 1.165) is 0 Å². The van der Waals surface area contributed by atoms with Gasteiger partial charge < -0.3 is 5.32 Å². The van der Waals surface area contributed by atoms with Gasteiger partial charge in [0.2, 0.25) is 11.8 Å². The van der Waals surface area contributed by atoms with Crippen LogP contribution in [0.1, 0.15) is 5.56 Å². The number of aromatic nitrogens is 5. The summed E-state index contributed by atoms with van der Waals surface area (Å²) in [7, 11) is 0. The van der Waals surface area contributed by atoms with Crippen LogP contribution in [0.25, 0.3) is 11.6 Å². The molecule has 0 amide bonds. The number of anilines is 1. The van der Waals surface area contributed by atoms with Crippen molar-refractivity contribution in [2.24, 2.45) is 0 Å². The Hall–Kier alpha value is -2.76. The molecule has 2 aromatic heterocycles. The Labute approximate surface area is 110 Å². The fourth-order valence-corrected chi connectivity index (χ4v) is 1.64. The summed E-state index contributed by atoms with van der Waals surface area (Å²) in [5.74, 6) is 1.59.